The van der Waals surface area contributed by atoms with Gasteiger partial charge in [0.05, 0.1) is 26.2 Å². The molecule has 1 fully saturated rings. The van der Waals surface area contributed by atoms with Crippen molar-refractivity contribution in [2.24, 2.45) is 0 Å². The van der Waals surface area contributed by atoms with Gasteiger partial charge in [-0.05, 0) is 77.0 Å². The van der Waals surface area contributed by atoms with E-state index in [4.69, 9.17) is 23.5 Å². The second-order valence-corrected chi connectivity index (χ2v) is 14.5. The van der Waals surface area contributed by atoms with Gasteiger partial charge in [-0.15, -0.1) is 0 Å². The average molecular weight is 835 g/mol. The first-order valence-electron chi connectivity index (χ1n) is 20.6. The Kier molecular flexibility index (Phi) is 32.5. The lowest BCUT2D eigenvalue weighted by molar-refractivity contribution is -0.301. The van der Waals surface area contributed by atoms with Gasteiger partial charge >= 0.3 is 16.4 Å². The summed E-state index contributed by atoms with van der Waals surface area (Å²) >= 11 is 0. The Hall–Kier alpha value is -3.24. The first kappa shape index (κ1) is 52.8. The molecule has 328 valence electrons. The van der Waals surface area contributed by atoms with Gasteiger partial charge in [-0.2, -0.15) is 8.42 Å². The number of carbonyl (C=O) groups is 1. The van der Waals surface area contributed by atoms with Gasteiger partial charge in [0.2, 0.25) is 0 Å². The van der Waals surface area contributed by atoms with Crippen LogP contribution in [0.5, 0.6) is 0 Å². The quantitative estimate of drug-likeness (QED) is 0.0217. The Morgan fingerprint density at radius 3 is 1.62 bits per heavy atom. The minimum atomic E-state index is -5.08. The second kappa shape index (κ2) is 35.7. The molecule has 0 aromatic carbocycles. The van der Waals surface area contributed by atoms with Crippen molar-refractivity contribution in [1.29, 1.82) is 0 Å². The van der Waals surface area contributed by atoms with Crippen LogP contribution in [0.4, 0.5) is 0 Å². The van der Waals surface area contributed by atoms with E-state index in [1.807, 2.05) is 12.2 Å². The lowest BCUT2D eigenvalue weighted by atomic mass is 9.99. The summed E-state index contributed by atoms with van der Waals surface area (Å²) in [6.45, 7) is 3.51. The lowest BCUT2D eigenvalue weighted by Crippen LogP contribution is -2.60. The number of allylic oxidation sites excluding steroid dienone is 17. The van der Waals surface area contributed by atoms with E-state index in [0.29, 0.717) is 13.0 Å². The topological polar surface area (TPSA) is 178 Å². The zero-order valence-electron chi connectivity index (χ0n) is 34.5. The number of hydrogen-bond donors (Lipinski definition) is 4. The van der Waals surface area contributed by atoms with Gasteiger partial charge in [-0.25, -0.2) is 4.18 Å². The van der Waals surface area contributed by atoms with E-state index < -0.39 is 59.8 Å². The normalized spacial score (nSPS) is 21.7. The van der Waals surface area contributed by atoms with E-state index in [2.05, 4.69) is 109 Å². The summed E-state index contributed by atoms with van der Waals surface area (Å²) in [6.07, 6.45) is 40.1. The molecule has 4 N–H and O–H groups in total. The van der Waals surface area contributed by atoms with Gasteiger partial charge in [-0.3, -0.25) is 9.35 Å². The van der Waals surface area contributed by atoms with E-state index in [9.17, 15) is 28.5 Å². The van der Waals surface area contributed by atoms with Gasteiger partial charge < -0.3 is 34.3 Å². The first-order chi connectivity index (χ1) is 28.1. The van der Waals surface area contributed by atoms with E-state index in [1.54, 1.807) is 6.08 Å². The highest BCUT2D eigenvalue weighted by molar-refractivity contribution is 7.80. The third-order valence-corrected chi connectivity index (χ3v) is 8.89. The molecule has 1 rings (SSSR count). The second-order valence-electron chi connectivity index (χ2n) is 13.5. The van der Waals surface area contributed by atoms with Gasteiger partial charge in [0, 0.05) is 6.61 Å². The maximum absolute atomic E-state index is 12.7. The molecular formula is C45H70O12S. The van der Waals surface area contributed by atoms with Crippen LogP contribution in [0.15, 0.2) is 109 Å². The number of hydrogen-bond acceptors (Lipinski definition) is 11. The van der Waals surface area contributed by atoms with E-state index in [1.165, 1.54) is 0 Å². The van der Waals surface area contributed by atoms with Crippen LogP contribution in [0.2, 0.25) is 0 Å². The van der Waals surface area contributed by atoms with E-state index in [-0.39, 0.29) is 19.6 Å². The van der Waals surface area contributed by atoms with Crippen molar-refractivity contribution in [2.45, 2.75) is 141 Å². The molecule has 0 aromatic heterocycles. The fraction of sp³-hybridized carbons (Fsp3) is 0.578. The molecule has 6 atom stereocenters. The summed E-state index contributed by atoms with van der Waals surface area (Å²) in [7, 11) is -5.08. The molecule has 1 saturated heterocycles. The van der Waals surface area contributed by atoms with Crippen molar-refractivity contribution >= 4 is 16.4 Å². The van der Waals surface area contributed by atoms with Gasteiger partial charge in [-0.1, -0.05) is 130 Å². The molecular weight excluding hydrogens is 765 g/mol. The van der Waals surface area contributed by atoms with Gasteiger partial charge in [0.1, 0.15) is 30.5 Å². The number of ether oxygens (including phenoxy) is 4. The fourth-order valence-electron chi connectivity index (χ4n) is 5.38. The Labute approximate surface area is 348 Å². The monoisotopic (exact) mass is 834 g/mol. The SMILES string of the molecule is CC/C=C\C/C=C\C/C=C\C/C=C\C/C=C\CC(=O)OC(COCCCCC/C=C\C/C=C\C/C=C\C/C=C\CC)COC1OC(CO)C(O)C(OS(=O)(=O)O)C1O. The van der Waals surface area contributed by atoms with E-state index in [0.717, 1.165) is 77.0 Å². The minimum Gasteiger partial charge on any atom is -0.457 e. The summed E-state index contributed by atoms with van der Waals surface area (Å²) in [5.74, 6) is -0.544. The van der Waals surface area contributed by atoms with Crippen molar-refractivity contribution in [1.82, 2.24) is 0 Å². The van der Waals surface area contributed by atoms with Crippen LogP contribution in [0.3, 0.4) is 0 Å². The number of esters is 1. The Morgan fingerprint density at radius 2 is 1.14 bits per heavy atom. The van der Waals surface area contributed by atoms with Crippen LogP contribution in [0.25, 0.3) is 0 Å². The highest BCUT2D eigenvalue weighted by atomic mass is 32.3. The zero-order chi connectivity index (χ0) is 42.5. The van der Waals surface area contributed by atoms with Crippen LogP contribution >= 0.6 is 0 Å². The summed E-state index contributed by atoms with van der Waals surface area (Å²) in [5, 5.41) is 30.6. The Morgan fingerprint density at radius 1 is 0.655 bits per heavy atom. The zero-order valence-corrected chi connectivity index (χ0v) is 35.4. The maximum Gasteiger partial charge on any atom is 0.397 e. The molecule has 1 heterocycles. The summed E-state index contributed by atoms with van der Waals surface area (Å²) in [4.78, 5) is 12.7. The molecule has 0 spiro atoms. The van der Waals surface area contributed by atoms with Crippen LogP contribution < -0.4 is 0 Å². The third-order valence-electron chi connectivity index (χ3n) is 8.42. The van der Waals surface area contributed by atoms with Crippen LogP contribution in [0, 0.1) is 0 Å². The molecule has 6 unspecified atom stereocenters. The predicted molar refractivity (Wildman–Crippen MR) is 229 cm³/mol. The number of unbranched alkanes of at least 4 members (excludes halogenated alkanes) is 3. The number of rotatable bonds is 33. The van der Waals surface area contributed by atoms with Gasteiger partial charge in [0.25, 0.3) is 0 Å². The molecule has 1 aliphatic rings. The third kappa shape index (κ3) is 29.0. The highest BCUT2D eigenvalue weighted by Gasteiger charge is 2.48. The van der Waals surface area contributed by atoms with Crippen molar-refractivity contribution in [3.8, 4) is 0 Å². The minimum absolute atomic E-state index is 0.00702. The van der Waals surface area contributed by atoms with Crippen molar-refractivity contribution in [2.75, 3.05) is 26.4 Å². The van der Waals surface area contributed by atoms with Crippen molar-refractivity contribution in [3.63, 3.8) is 0 Å². The summed E-state index contributed by atoms with van der Waals surface area (Å²) in [6, 6.07) is 0. The molecule has 58 heavy (non-hydrogen) atoms. The van der Waals surface area contributed by atoms with Gasteiger partial charge in [0.15, 0.2) is 6.29 Å². The standard InChI is InChI=1S/C45H70O12S/c1-3-5-7-9-11-13-15-17-19-21-23-25-27-29-31-33-35-53-37-39(38-54-45-43(49)44(57-58(50,51)52)42(48)40(36-46)56-45)55-41(47)34-32-30-28-26-24-22-20-18-16-14-12-10-8-6-4-2/h5-8,11-14,17-20,23-26,30,32,39-40,42-46,48-49H,3-4,9-10,15-16,21-22,27-29,31,33-38H2,1-2H3,(H,50,51,52)/b7-5-,8-6-,13-11-,14-12-,19-17-,20-18-,25-23-,26-24-,32-30-. The molecule has 0 amide bonds. The Balaban J connectivity index is 2.58. The molecule has 0 saturated carbocycles. The molecule has 1 aliphatic heterocycles. The van der Waals surface area contributed by atoms with Crippen LogP contribution in [0.1, 0.15) is 104 Å². The first-order valence-corrected chi connectivity index (χ1v) is 22.0. The van der Waals surface area contributed by atoms with Crippen LogP contribution in [-0.2, 0) is 38.3 Å². The number of aliphatic hydroxyl groups excluding tert-OH is 3. The molecule has 0 bridgehead atoms. The number of carbonyl (C=O) groups excluding carboxylic acids is 1. The summed E-state index contributed by atoms with van der Waals surface area (Å²) < 4.78 is 58.7. The van der Waals surface area contributed by atoms with Crippen molar-refractivity contribution in [3.05, 3.63) is 109 Å². The Bertz CT molecular complexity index is 1430. The fourth-order valence-corrected chi connectivity index (χ4v) is 5.89. The molecule has 0 aromatic rings. The predicted octanol–water partition coefficient (Wildman–Crippen LogP) is 8.07. The lowest BCUT2D eigenvalue weighted by Gasteiger charge is -2.41. The average Bonchev–Trinajstić information content (AvgIpc) is 3.19. The molecule has 0 aliphatic carbocycles. The molecule has 12 nitrogen and oxygen atoms in total. The maximum atomic E-state index is 12.7. The van der Waals surface area contributed by atoms with Crippen LogP contribution in [-0.4, -0.2) is 97.5 Å². The molecule has 0 radical (unpaired) electrons. The largest absolute Gasteiger partial charge is 0.457 e. The van der Waals surface area contributed by atoms with E-state index >= 15 is 0 Å². The van der Waals surface area contributed by atoms with Crippen molar-refractivity contribution < 1.29 is 56.2 Å². The highest BCUT2D eigenvalue weighted by Crippen LogP contribution is 2.26. The molecule has 13 heteroatoms. The number of aliphatic hydroxyl groups is 3. The smallest absolute Gasteiger partial charge is 0.397 e. The summed E-state index contributed by atoms with van der Waals surface area (Å²) in [5.41, 5.74) is 0.